The fraction of sp³-hybridized carbons (Fsp3) is 0.500. The van der Waals surface area contributed by atoms with Gasteiger partial charge in [-0.2, -0.15) is 4.31 Å². The molecule has 0 unspecified atom stereocenters. The number of piperazine rings is 1. The summed E-state index contributed by atoms with van der Waals surface area (Å²) in [5, 5.41) is 2.86. The van der Waals surface area contributed by atoms with E-state index in [1.54, 1.807) is 23.6 Å². The van der Waals surface area contributed by atoms with Crippen molar-refractivity contribution >= 4 is 33.5 Å². The van der Waals surface area contributed by atoms with Gasteiger partial charge in [-0.25, -0.2) is 13.2 Å². The Kier molecular flexibility index (Phi) is 5.71. The Morgan fingerprint density at radius 3 is 2.55 bits per heavy atom. The van der Waals surface area contributed by atoms with Crippen molar-refractivity contribution in [3.63, 3.8) is 0 Å². The summed E-state index contributed by atoms with van der Waals surface area (Å²) in [6.45, 7) is 3.16. The molecule has 0 bridgehead atoms. The van der Waals surface area contributed by atoms with Crippen LogP contribution in [0.25, 0.3) is 0 Å². The number of urea groups is 1. The zero-order chi connectivity index (χ0) is 16.2. The van der Waals surface area contributed by atoms with E-state index in [1.165, 1.54) is 4.31 Å². The van der Waals surface area contributed by atoms with Crippen molar-refractivity contribution in [3.05, 3.63) is 24.3 Å². The van der Waals surface area contributed by atoms with Gasteiger partial charge in [-0.15, -0.1) is 11.8 Å². The van der Waals surface area contributed by atoms with E-state index >= 15 is 0 Å². The zero-order valence-corrected chi connectivity index (χ0v) is 14.4. The van der Waals surface area contributed by atoms with Gasteiger partial charge >= 0.3 is 6.03 Å². The number of rotatable bonds is 4. The first kappa shape index (κ1) is 17.1. The number of benzene rings is 1. The lowest BCUT2D eigenvalue weighted by Crippen LogP contribution is -2.51. The molecule has 8 heteroatoms. The molecule has 1 N–H and O–H groups in total. The van der Waals surface area contributed by atoms with Gasteiger partial charge in [0.2, 0.25) is 10.0 Å². The third-order valence-corrected chi connectivity index (χ3v) is 6.21. The molecule has 0 spiro atoms. The van der Waals surface area contributed by atoms with Crippen LogP contribution in [0.1, 0.15) is 6.92 Å². The molecule has 0 radical (unpaired) electrons. The van der Waals surface area contributed by atoms with E-state index in [0.717, 1.165) is 10.6 Å². The van der Waals surface area contributed by atoms with Gasteiger partial charge < -0.3 is 10.2 Å². The van der Waals surface area contributed by atoms with Crippen molar-refractivity contribution in [2.24, 2.45) is 0 Å². The summed E-state index contributed by atoms with van der Waals surface area (Å²) in [6.07, 6.45) is 1.98. The molecule has 1 aromatic rings. The van der Waals surface area contributed by atoms with Crippen LogP contribution in [-0.4, -0.2) is 61.8 Å². The van der Waals surface area contributed by atoms with Gasteiger partial charge in [0.15, 0.2) is 0 Å². The Morgan fingerprint density at radius 2 is 1.95 bits per heavy atom. The van der Waals surface area contributed by atoms with Crippen LogP contribution in [0.4, 0.5) is 10.5 Å². The Labute approximate surface area is 135 Å². The van der Waals surface area contributed by atoms with Crippen LogP contribution in [0.2, 0.25) is 0 Å². The lowest BCUT2D eigenvalue weighted by Gasteiger charge is -2.33. The average Bonchev–Trinajstić information content (AvgIpc) is 2.55. The van der Waals surface area contributed by atoms with Crippen LogP contribution in [0.3, 0.4) is 0 Å². The number of carbonyl (C=O) groups excluding carboxylic acids is 1. The first-order chi connectivity index (χ1) is 10.5. The number of hydrogen-bond donors (Lipinski definition) is 1. The fourth-order valence-electron chi connectivity index (χ4n) is 2.26. The molecule has 122 valence electrons. The van der Waals surface area contributed by atoms with Crippen molar-refractivity contribution in [3.8, 4) is 0 Å². The number of hydrogen-bond acceptors (Lipinski definition) is 4. The minimum Gasteiger partial charge on any atom is -0.322 e. The number of amides is 2. The van der Waals surface area contributed by atoms with Gasteiger partial charge in [-0.1, -0.05) is 6.07 Å². The monoisotopic (exact) mass is 343 g/mol. The third kappa shape index (κ3) is 4.15. The predicted molar refractivity (Wildman–Crippen MR) is 89.8 cm³/mol. The van der Waals surface area contributed by atoms with Crippen molar-refractivity contribution < 1.29 is 13.2 Å². The second-order valence-corrected chi connectivity index (χ2v) is 8.09. The highest BCUT2D eigenvalue weighted by molar-refractivity contribution is 7.98. The summed E-state index contributed by atoms with van der Waals surface area (Å²) in [5.74, 6) is 0.0979. The minimum absolute atomic E-state index is 0.0979. The Morgan fingerprint density at radius 1 is 1.27 bits per heavy atom. The molecule has 0 aromatic heterocycles. The van der Waals surface area contributed by atoms with E-state index in [-0.39, 0.29) is 11.8 Å². The number of thioether (sulfide) groups is 1. The predicted octanol–water partition coefficient (Wildman–Crippen LogP) is 1.91. The summed E-state index contributed by atoms with van der Waals surface area (Å²) in [4.78, 5) is 15.0. The number of anilines is 1. The van der Waals surface area contributed by atoms with Crippen molar-refractivity contribution in [2.75, 3.05) is 43.5 Å². The smallest absolute Gasteiger partial charge is 0.321 e. The van der Waals surface area contributed by atoms with Crippen LogP contribution in [0, 0.1) is 0 Å². The van der Waals surface area contributed by atoms with Gasteiger partial charge in [-0.3, -0.25) is 0 Å². The van der Waals surface area contributed by atoms with E-state index in [2.05, 4.69) is 5.32 Å². The van der Waals surface area contributed by atoms with Crippen LogP contribution in [0.15, 0.2) is 29.2 Å². The van der Waals surface area contributed by atoms with Crippen molar-refractivity contribution in [1.82, 2.24) is 9.21 Å². The van der Waals surface area contributed by atoms with Gasteiger partial charge in [0.05, 0.1) is 5.75 Å². The van der Waals surface area contributed by atoms with E-state index in [1.807, 2.05) is 30.5 Å². The normalized spacial score (nSPS) is 16.5. The summed E-state index contributed by atoms with van der Waals surface area (Å²) in [6, 6.07) is 7.45. The zero-order valence-electron chi connectivity index (χ0n) is 12.8. The number of sulfonamides is 1. The molecule has 6 nitrogen and oxygen atoms in total. The Bertz CT molecular complexity index is 626. The van der Waals surface area contributed by atoms with Crippen molar-refractivity contribution in [2.45, 2.75) is 11.8 Å². The topological polar surface area (TPSA) is 69.7 Å². The Balaban J connectivity index is 1.92. The fourth-order valence-corrected chi connectivity index (χ4v) is 3.80. The molecule has 1 aliphatic heterocycles. The van der Waals surface area contributed by atoms with Crippen LogP contribution in [0.5, 0.6) is 0 Å². The molecule has 0 saturated carbocycles. The second kappa shape index (κ2) is 7.34. The highest BCUT2D eigenvalue weighted by Gasteiger charge is 2.27. The van der Waals surface area contributed by atoms with E-state index in [9.17, 15) is 13.2 Å². The maximum absolute atomic E-state index is 12.2. The van der Waals surface area contributed by atoms with Gasteiger partial charge in [0, 0.05) is 36.8 Å². The molecule has 1 saturated heterocycles. The minimum atomic E-state index is -3.17. The molecule has 22 heavy (non-hydrogen) atoms. The molecule has 1 aliphatic rings. The lowest BCUT2D eigenvalue weighted by molar-refractivity contribution is 0.184. The summed E-state index contributed by atoms with van der Waals surface area (Å²) >= 11 is 1.61. The third-order valence-electron chi connectivity index (χ3n) is 3.61. The molecule has 1 heterocycles. The van der Waals surface area contributed by atoms with E-state index < -0.39 is 10.0 Å². The van der Waals surface area contributed by atoms with Crippen LogP contribution < -0.4 is 5.32 Å². The van der Waals surface area contributed by atoms with E-state index in [0.29, 0.717) is 26.2 Å². The van der Waals surface area contributed by atoms with E-state index in [4.69, 9.17) is 0 Å². The molecule has 0 aliphatic carbocycles. The molecule has 0 atom stereocenters. The standard InChI is InChI=1S/C14H21N3O3S2/c1-3-22(19,20)17-9-7-16(8-10-17)14(18)15-12-5-4-6-13(11-12)21-2/h4-6,11H,3,7-10H2,1-2H3,(H,15,18). The molecule has 1 fully saturated rings. The highest BCUT2D eigenvalue weighted by atomic mass is 32.2. The molecular formula is C14H21N3O3S2. The van der Waals surface area contributed by atoms with Gasteiger partial charge in [-0.05, 0) is 31.4 Å². The maximum Gasteiger partial charge on any atom is 0.321 e. The first-order valence-electron chi connectivity index (χ1n) is 7.14. The largest absolute Gasteiger partial charge is 0.322 e. The molecule has 2 rings (SSSR count). The van der Waals surface area contributed by atoms with Crippen LogP contribution in [-0.2, 0) is 10.0 Å². The molecular weight excluding hydrogens is 322 g/mol. The number of carbonyl (C=O) groups is 1. The van der Waals surface area contributed by atoms with Crippen LogP contribution >= 0.6 is 11.8 Å². The van der Waals surface area contributed by atoms with Gasteiger partial charge in [0.25, 0.3) is 0 Å². The summed E-state index contributed by atoms with van der Waals surface area (Å²) < 4.78 is 25.0. The number of nitrogens with zero attached hydrogens (tertiary/aromatic N) is 2. The highest BCUT2D eigenvalue weighted by Crippen LogP contribution is 2.19. The summed E-state index contributed by atoms with van der Waals surface area (Å²) in [7, 11) is -3.17. The lowest BCUT2D eigenvalue weighted by atomic mass is 10.3. The first-order valence-corrected chi connectivity index (χ1v) is 9.97. The second-order valence-electron chi connectivity index (χ2n) is 4.95. The van der Waals surface area contributed by atoms with Gasteiger partial charge in [0.1, 0.15) is 0 Å². The average molecular weight is 343 g/mol. The molecule has 2 amide bonds. The quantitative estimate of drug-likeness (QED) is 0.848. The molecule has 1 aromatic carbocycles. The maximum atomic E-state index is 12.2. The van der Waals surface area contributed by atoms with Crippen molar-refractivity contribution in [1.29, 1.82) is 0 Å². The number of nitrogens with one attached hydrogen (secondary N) is 1. The summed E-state index contributed by atoms with van der Waals surface area (Å²) in [5.41, 5.74) is 0.750. The SMILES string of the molecule is CCS(=O)(=O)N1CCN(C(=O)Nc2cccc(SC)c2)CC1. The Hall–Kier alpha value is -1.25.